The lowest BCUT2D eigenvalue weighted by Gasteiger charge is -2.76. The molecule has 0 aromatic heterocycles. The SMILES string of the molecule is CC(=O)O[C@H]1CC[C@H]2[C@](C)(CC[C@]3(C)[C@@]2(C)CCC2[C@H]4CC(C)(C)CC[C@]4(C)CC[C@]23C)[C@H]1C. The van der Waals surface area contributed by atoms with Crippen molar-refractivity contribution < 1.29 is 9.53 Å². The average Bonchev–Trinajstić information content (AvgIpc) is 2.74. The topological polar surface area (TPSA) is 26.3 Å². The van der Waals surface area contributed by atoms with Crippen LogP contribution in [-0.2, 0) is 9.53 Å². The summed E-state index contributed by atoms with van der Waals surface area (Å²) in [6.45, 7) is 22.5. The maximum atomic E-state index is 11.8. The first-order valence-corrected chi connectivity index (χ1v) is 14.8. The third-order valence-electron chi connectivity index (χ3n) is 14.4. The van der Waals surface area contributed by atoms with Gasteiger partial charge in [0, 0.05) is 6.92 Å². The molecule has 0 aliphatic heterocycles. The van der Waals surface area contributed by atoms with E-state index in [0.717, 1.165) is 24.2 Å². The molecule has 0 amide bonds. The zero-order valence-corrected chi connectivity index (χ0v) is 24.0. The predicted molar refractivity (Wildman–Crippen MR) is 140 cm³/mol. The fourth-order valence-electron chi connectivity index (χ4n) is 11.6. The van der Waals surface area contributed by atoms with Crippen LogP contribution < -0.4 is 0 Å². The van der Waals surface area contributed by atoms with Crippen molar-refractivity contribution in [2.45, 2.75) is 139 Å². The van der Waals surface area contributed by atoms with Gasteiger partial charge in [-0.1, -0.05) is 55.4 Å². The van der Waals surface area contributed by atoms with Crippen molar-refractivity contribution in [3.8, 4) is 0 Å². The zero-order chi connectivity index (χ0) is 24.9. The third-order valence-corrected chi connectivity index (χ3v) is 14.4. The number of carbonyl (C=O) groups excluding carboxylic acids is 1. The van der Waals surface area contributed by atoms with E-state index in [9.17, 15) is 4.79 Å². The Balaban J connectivity index is 1.50. The van der Waals surface area contributed by atoms with Crippen LogP contribution >= 0.6 is 0 Å². The van der Waals surface area contributed by atoms with Crippen LogP contribution in [0.2, 0.25) is 0 Å². The average molecular weight is 471 g/mol. The molecule has 0 saturated heterocycles. The molecule has 5 saturated carbocycles. The lowest BCUT2D eigenvalue weighted by Crippen LogP contribution is -2.69. The van der Waals surface area contributed by atoms with Crippen molar-refractivity contribution in [2.75, 3.05) is 0 Å². The first-order valence-electron chi connectivity index (χ1n) is 14.8. The van der Waals surface area contributed by atoms with Crippen LogP contribution in [0, 0.1) is 56.2 Å². The van der Waals surface area contributed by atoms with Crippen LogP contribution in [0.5, 0.6) is 0 Å². The van der Waals surface area contributed by atoms with E-state index >= 15 is 0 Å². The number of ether oxygens (including phenoxy) is 1. The molecule has 0 spiro atoms. The minimum absolute atomic E-state index is 0.0977. The Bertz CT molecular complexity index is 846. The fraction of sp³-hybridized carbons (Fsp3) is 0.969. The molecule has 0 N–H and O–H groups in total. The summed E-state index contributed by atoms with van der Waals surface area (Å²) in [6, 6.07) is 0. The van der Waals surface area contributed by atoms with Gasteiger partial charge < -0.3 is 4.74 Å². The molecular formula is C32H54O2. The van der Waals surface area contributed by atoms with E-state index < -0.39 is 0 Å². The van der Waals surface area contributed by atoms with E-state index in [0.29, 0.717) is 33.0 Å². The quantitative estimate of drug-likeness (QED) is 0.358. The van der Waals surface area contributed by atoms with Gasteiger partial charge in [-0.2, -0.15) is 0 Å². The Kier molecular flexibility index (Phi) is 5.55. The molecule has 1 unspecified atom stereocenters. The first kappa shape index (κ1) is 25.1. The van der Waals surface area contributed by atoms with Crippen molar-refractivity contribution in [1.82, 2.24) is 0 Å². The van der Waals surface area contributed by atoms with E-state index in [1.165, 1.54) is 64.2 Å². The molecule has 5 aliphatic carbocycles. The van der Waals surface area contributed by atoms with Gasteiger partial charge in [-0.25, -0.2) is 0 Å². The minimum Gasteiger partial charge on any atom is -0.462 e. The Hall–Kier alpha value is -0.530. The van der Waals surface area contributed by atoms with Gasteiger partial charge in [0.2, 0.25) is 0 Å². The second-order valence-corrected chi connectivity index (χ2v) is 16.0. The second-order valence-electron chi connectivity index (χ2n) is 16.0. The van der Waals surface area contributed by atoms with E-state index in [4.69, 9.17) is 4.74 Å². The Labute approximate surface area is 210 Å². The molecular weight excluding hydrogens is 416 g/mol. The van der Waals surface area contributed by atoms with E-state index in [1.807, 2.05) is 0 Å². The van der Waals surface area contributed by atoms with Crippen molar-refractivity contribution in [1.29, 1.82) is 0 Å². The van der Waals surface area contributed by atoms with Gasteiger partial charge in [0.1, 0.15) is 6.10 Å². The van der Waals surface area contributed by atoms with Crippen molar-refractivity contribution in [3.63, 3.8) is 0 Å². The normalized spacial score (nSPS) is 56.3. The standard InChI is InChI=1S/C32H54O2/c1-21-25(34-22(2)33)10-11-26-29(21,6)17-19-32(9)30(7)18-16-28(5)15-14-27(3,4)20-24(28)23(30)12-13-31(26,32)8/h21,23-26H,10-20H2,1-9H3/t21-,23?,24+,25-,26-,28+,29+,30+,31-,32-/m0/s1. The Morgan fingerprint density at radius 2 is 1.41 bits per heavy atom. The molecule has 0 aromatic rings. The molecule has 0 heterocycles. The van der Waals surface area contributed by atoms with Crippen LogP contribution in [0.1, 0.15) is 133 Å². The molecule has 5 rings (SSSR count). The highest BCUT2D eigenvalue weighted by Gasteiger charge is 2.72. The van der Waals surface area contributed by atoms with E-state index in [2.05, 4.69) is 55.4 Å². The zero-order valence-electron chi connectivity index (χ0n) is 24.0. The summed E-state index contributed by atoms with van der Waals surface area (Å²) < 4.78 is 5.87. The highest BCUT2D eigenvalue weighted by atomic mass is 16.5. The lowest BCUT2D eigenvalue weighted by molar-refractivity contribution is -0.274. The number of hydrogen-bond donors (Lipinski definition) is 0. The van der Waals surface area contributed by atoms with Crippen LogP contribution in [0.3, 0.4) is 0 Å². The number of carbonyl (C=O) groups is 1. The van der Waals surface area contributed by atoms with E-state index in [-0.39, 0.29) is 17.5 Å². The number of fused-ring (bicyclic) bond motifs is 7. The van der Waals surface area contributed by atoms with Crippen LogP contribution in [0.4, 0.5) is 0 Å². The maximum absolute atomic E-state index is 11.8. The summed E-state index contributed by atoms with van der Waals surface area (Å²) in [5.74, 6) is 2.90. The molecule has 5 fully saturated rings. The molecule has 2 nitrogen and oxygen atoms in total. The molecule has 194 valence electrons. The van der Waals surface area contributed by atoms with Gasteiger partial charge in [0.15, 0.2) is 0 Å². The number of rotatable bonds is 1. The molecule has 2 heteroatoms. The van der Waals surface area contributed by atoms with E-state index in [1.54, 1.807) is 6.92 Å². The summed E-state index contributed by atoms with van der Waals surface area (Å²) in [6.07, 6.45) is 15.1. The van der Waals surface area contributed by atoms with Crippen molar-refractivity contribution >= 4 is 5.97 Å². The van der Waals surface area contributed by atoms with Crippen molar-refractivity contribution in [2.24, 2.45) is 56.2 Å². The number of hydrogen-bond acceptors (Lipinski definition) is 2. The number of esters is 1. The largest absolute Gasteiger partial charge is 0.462 e. The predicted octanol–water partition coefficient (Wildman–Crippen LogP) is 8.82. The molecule has 0 bridgehead atoms. The van der Waals surface area contributed by atoms with Crippen LogP contribution in [-0.4, -0.2) is 12.1 Å². The second kappa shape index (κ2) is 7.50. The van der Waals surface area contributed by atoms with Gasteiger partial charge in [-0.15, -0.1) is 0 Å². The van der Waals surface area contributed by atoms with Gasteiger partial charge in [0.05, 0.1) is 0 Å². The fourth-order valence-corrected chi connectivity index (χ4v) is 11.6. The smallest absolute Gasteiger partial charge is 0.302 e. The third kappa shape index (κ3) is 3.14. The monoisotopic (exact) mass is 470 g/mol. The Morgan fingerprint density at radius 3 is 2.09 bits per heavy atom. The molecule has 0 radical (unpaired) electrons. The molecule has 10 atom stereocenters. The molecule has 34 heavy (non-hydrogen) atoms. The van der Waals surface area contributed by atoms with Gasteiger partial charge in [-0.05, 0) is 127 Å². The minimum atomic E-state index is -0.0977. The molecule has 5 aliphatic rings. The summed E-state index contributed by atoms with van der Waals surface area (Å²) in [5, 5.41) is 0. The Morgan fingerprint density at radius 1 is 0.735 bits per heavy atom. The highest BCUT2D eigenvalue weighted by Crippen LogP contribution is 2.79. The summed E-state index contributed by atoms with van der Waals surface area (Å²) in [7, 11) is 0. The first-order chi connectivity index (χ1) is 15.6. The van der Waals surface area contributed by atoms with Gasteiger partial charge >= 0.3 is 5.97 Å². The van der Waals surface area contributed by atoms with Gasteiger partial charge in [0.25, 0.3) is 0 Å². The maximum Gasteiger partial charge on any atom is 0.302 e. The van der Waals surface area contributed by atoms with Gasteiger partial charge in [-0.3, -0.25) is 4.79 Å². The lowest BCUT2D eigenvalue weighted by atomic mass is 9.29. The van der Waals surface area contributed by atoms with Crippen LogP contribution in [0.25, 0.3) is 0 Å². The van der Waals surface area contributed by atoms with Crippen molar-refractivity contribution in [3.05, 3.63) is 0 Å². The van der Waals surface area contributed by atoms with Crippen LogP contribution in [0.15, 0.2) is 0 Å². The summed E-state index contributed by atoms with van der Waals surface area (Å²) >= 11 is 0. The summed E-state index contributed by atoms with van der Waals surface area (Å²) in [5.41, 5.74) is 2.62. The highest BCUT2D eigenvalue weighted by molar-refractivity contribution is 5.66. The summed E-state index contributed by atoms with van der Waals surface area (Å²) in [4.78, 5) is 11.8. The molecule has 0 aromatic carbocycles.